The topological polar surface area (TPSA) is 117 Å². The zero-order valence-corrected chi connectivity index (χ0v) is 24.4. The highest BCUT2D eigenvalue weighted by molar-refractivity contribution is 5.72. The summed E-state index contributed by atoms with van der Waals surface area (Å²) in [5.41, 5.74) is 0.172. The summed E-state index contributed by atoms with van der Waals surface area (Å²) in [6.07, 6.45) is 6.22. The number of hydrogen-bond acceptors (Lipinski definition) is 6. The van der Waals surface area contributed by atoms with Crippen molar-refractivity contribution in [3.05, 3.63) is 0 Å². The van der Waals surface area contributed by atoms with Crippen LogP contribution in [-0.4, -0.2) is 84.2 Å². The molecule has 9 nitrogen and oxygen atoms in total. The van der Waals surface area contributed by atoms with E-state index < -0.39 is 5.97 Å². The number of aliphatic hydroxyl groups excluding tert-OH is 1. The van der Waals surface area contributed by atoms with Crippen LogP contribution in [0, 0.1) is 22.7 Å². The minimum absolute atomic E-state index is 0.0743. The summed E-state index contributed by atoms with van der Waals surface area (Å²) in [5.74, 6) is -0.792. The lowest BCUT2D eigenvalue weighted by Gasteiger charge is -2.45. The Morgan fingerprint density at radius 1 is 0.892 bits per heavy atom. The SMILES string of the molecule is CCCC(C)(C)C1CC(C(=O)O)CCN1C(=O)OC.COC(=O)N1CCC(CO)CC1CCC(C)(C)C. The molecule has 2 rings (SSSR count). The standard InChI is InChI=1S/C14H25NO4.C14H27NO3/c1-5-7-14(2,3)11-9-10(12(16)17)6-8-15(11)13(18)19-4;1-14(2,3)7-5-12-9-11(10-16)6-8-15(12)13(17)18-4/h10-11H,5-9H2,1-4H3,(H,16,17);11-12,16H,5-10H2,1-4H3. The number of carbonyl (C=O) groups is 3. The molecule has 0 saturated carbocycles. The lowest BCUT2D eigenvalue weighted by Crippen LogP contribution is -2.53. The first-order valence-corrected chi connectivity index (χ1v) is 13.7. The third-order valence-electron chi connectivity index (χ3n) is 7.88. The van der Waals surface area contributed by atoms with Gasteiger partial charge in [0.1, 0.15) is 0 Å². The zero-order valence-electron chi connectivity index (χ0n) is 24.4. The Morgan fingerprint density at radius 3 is 1.95 bits per heavy atom. The number of nitrogens with zero attached hydrogens (tertiary/aromatic N) is 2. The summed E-state index contributed by atoms with van der Waals surface area (Å²) >= 11 is 0. The Kier molecular flexibility index (Phi) is 13.2. The molecule has 0 aromatic carbocycles. The van der Waals surface area contributed by atoms with Gasteiger partial charge in [-0.15, -0.1) is 0 Å². The van der Waals surface area contributed by atoms with Gasteiger partial charge in [-0.2, -0.15) is 0 Å². The maximum absolute atomic E-state index is 11.9. The van der Waals surface area contributed by atoms with E-state index in [0.717, 1.165) is 38.5 Å². The number of likely N-dealkylation sites (tertiary alicyclic amines) is 2. The van der Waals surface area contributed by atoms with Gasteiger partial charge < -0.3 is 29.5 Å². The molecule has 0 aliphatic carbocycles. The van der Waals surface area contributed by atoms with E-state index in [0.29, 0.717) is 31.8 Å². The predicted molar refractivity (Wildman–Crippen MR) is 143 cm³/mol. The highest BCUT2D eigenvalue weighted by Crippen LogP contribution is 2.38. The van der Waals surface area contributed by atoms with Gasteiger partial charge >= 0.3 is 18.2 Å². The molecule has 0 radical (unpaired) electrons. The number of ether oxygens (including phenoxy) is 2. The van der Waals surface area contributed by atoms with Crippen LogP contribution in [-0.2, 0) is 14.3 Å². The van der Waals surface area contributed by atoms with E-state index >= 15 is 0 Å². The number of rotatable bonds is 7. The number of carbonyl (C=O) groups excluding carboxylic acids is 2. The molecule has 2 fully saturated rings. The maximum atomic E-state index is 11.9. The number of aliphatic carboxylic acids is 1. The van der Waals surface area contributed by atoms with Crippen LogP contribution in [0.2, 0.25) is 0 Å². The molecule has 2 saturated heterocycles. The molecular weight excluding hydrogens is 476 g/mol. The van der Waals surface area contributed by atoms with Crippen molar-refractivity contribution in [2.75, 3.05) is 33.9 Å². The van der Waals surface area contributed by atoms with E-state index in [1.807, 2.05) is 4.90 Å². The molecular formula is C28H52N2O7. The number of aliphatic hydroxyl groups is 1. The minimum Gasteiger partial charge on any atom is -0.481 e. The summed E-state index contributed by atoms with van der Waals surface area (Å²) in [7, 11) is 2.80. The van der Waals surface area contributed by atoms with Crippen molar-refractivity contribution in [1.82, 2.24) is 9.80 Å². The summed E-state index contributed by atoms with van der Waals surface area (Å²) in [5, 5.41) is 18.5. The Balaban J connectivity index is 0.000000371. The number of piperidine rings is 2. The number of amides is 2. The van der Waals surface area contributed by atoms with Gasteiger partial charge in [0, 0.05) is 31.8 Å². The molecule has 216 valence electrons. The second-order valence-corrected chi connectivity index (χ2v) is 12.5. The van der Waals surface area contributed by atoms with Gasteiger partial charge in [-0.3, -0.25) is 4.79 Å². The number of methoxy groups -OCH3 is 2. The van der Waals surface area contributed by atoms with E-state index in [9.17, 15) is 24.6 Å². The molecule has 4 unspecified atom stereocenters. The summed E-state index contributed by atoms with van der Waals surface area (Å²) in [6, 6.07) is 0.136. The Morgan fingerprint density at radius 2 is 1.46 bits per heavy atom. The van der Waals surface area contributed by atoms with Crippen LogP contribution >= 0.6 is 0 Å². The average Bonchev–Trinajstić information content (AvgIpc) is 2.85. The van der Waals surface area contributed by atoms with Crippen LogP contribution in [0.4, 0.5) is 9.59 Å². The van der Waals surface area contributed by atoms with Crippen molar-refractivity contribution >= 4 is 18.2 Å². The molecule has 4 atom stereocenters. The highest BCUT2D eigenvalue weighted by atomic mass is 16.5. The zero-order chi connectivity index (χ0) is 28.4. The molecule has 2 aliphatic rings. The fourth-order valence-corrected chi connectivity index (χ4v) is 5.61. The fourth-order valence-electron chi connectivity index (χ4n) is 5.61. The monoisotopic (exact) mass is 528 g/mol. The number of carboxylic acids is 1. The highest BCUT2D eigenvalue weighted by Gasteiger charge is 2.42. The van der Waals surface area contributed by atoms with E-state index in [4.69, 9.17) is 9.47 Å². The summed E-state index contributed by atoms with van der Waals surface area (Å²) in [4.78, 5) is 38.3. The normalized spacial score (nSPS) is 24.6. The molecule has 37 heavy (non-hydrogen) atoms. The molecule has 2 N–H and O–H groups in total. The third kappa shape index (κ3) is 10.3. The van der Waals surface area contributed by atoms with E-state index in [-0.39, 0.29) is 47.6 Å². The first-order chi connectivity index (χ1) is 17.2. The van der Waals surface area contributed by atoms with Crippen LogP contribution in [0.15, 0.2) is 0 Å². The fraction of sp³-hybridized carbons (Fsp3) is 0.893. The first-order valence-electron chi connectivity index (χ1n) is 13.7. The lowest BCUT2D eigenvalue weighted by molar-refractivity contribution is -0.144. The van der Waals surface area contributed by atoms with Crippen molar-refractivity contribution in [2.24, 2.45) is 22.7 Å². The molecule has 0 aromatic heterocycles. The largest absolute Gasteiger partial charge is 0.481 e. The van der Waals surface area contributed by atoms with Crippen molar-refractivity contribution < 1.29 is 34.1 Å². The second kappa shape index (κ2) is 14.8. The molecule has 0 bridgehead atoms. The third-order valence-corrected chi connectivity index (χ3v) is 7.88. The van der Waals surface area contributed by atoms with Crippen molar-refractivity contribution in [2.45, 2.75) is 105 Å². The molecule has 0 aromatic rings. The summed E-state index contributed by atoms with van der Waals surface area (Å²) in [6.45, 7) is 14.3. The van der Waals surface area contributed by atoms with Gasteiger partial charge in [0.15, 0.2) is 0 Å². The molecule has 2 heterocycles. The first kappa shape index (κ1) is 33.0. The van der Waals surface area contributed by atoms with Crippen LogP contribution < -0.4 is 0 Å². The average molecular weight is 529 g/mol. The Hall–Kier alpha value is -2.03. The van der Waals surface area contributed by atoms with Gasteiger partial charge in [0.2, 0.25) is 0 Å². The van der Waals surface area contributed by atoms with Gasteiger partial charge in [0.05, 0.1) is 20.1 Å². The van der Waals surface area contributed by atoms with Gasteiger partial charge in [-0.1, -0.05) is 48.0 Å². The van der Waals surface area contributed by atoms with Crippen molar-refractivity contribution in [3.63, 3.8) is 0 Å². The van der Waals surface area contributed by atoms with Crippen LogP contribution in [0.1, 0.15) is 92.9 Å². The van der Waals surface area contributed by atoms with Crippen molar-refractivity contribution in [3.8, 4) is 0 Å². The number of hydrogen-bond donors (Lipinski definition) is 2. The lowest BCUT2D eigenvalue weighted by atomic mass is 9.73. The minimum atomic E-state index is -0.762. The Bertz CT molecular complexity index is 735. The van der Waals surface area contributed by atoms with Crippen molar-refractivity contribution in [1.29, 1.82) is 0 Å². The summed E-state index contributed by atoms with van der Waals surface area (Å²) < 4.78 is 9.67. The second-order valence-electron chi connectivity index (χ2n) is 12.5. The quantitative estimate of drug-likeness (QED) is 0.455. The van der Waals surface area contributed by atoms with Crippen LogP contribution in [0.25, 0.3) is 0 Å². The van der Waals surface area contributed by atoms with E-state index in [1.165, 1.54) is 14.2 Å². The van der Waals surface area contributed by atoms with E-state index in [1.54, 1.807) is 4.90 Å². The predicted octanol–water partition coefficient (Wildman–Crippen LogP) is 5.40. The smallest absolute Gasteiger partial charge is 0.409 e. The van der Waals surface area contributed by atoms with Gasteiger partial charge in [-0.25, -0.2) is 9.59 Å². The number of carboxylic acid groups (broad SMARTS) is 1. The van der Waals surface area contributed by atoms with Crippen LogP contribution in [0.5, 0.6) is 0 Å². The van der Waals surface area contributed by atoms with Crippen LogP contribution in [0.3, 0.4) is 0 Å². The van der Waals surface area contributed by atoms with E-state index in [2.05, 4.69) is 41.5 Å². The molecule has 2 aliphatic heterocycles. The molecule has 0 spiro atoms. The van der Waals surface area contributed by atoms with Gasteiger partial charge in [-0.05, 0) is 61.7 Å². The Labute approximate surface area is 223 Å². The molecule has 2 amide bonds. The maximum Gasteiger partial charge on any atom is 0.409 e. The van der Waals surface area contributed by atoms with Gasteiger partial charge in [0.25, 0.3) is 0 Å². The molecule has 9 heteroatoms.